The topological polar surface area (TPSA) is 91.1 Å². The molecule has 1 aliphatic heterocycles. The molecular weight excluding hydrogens is 412 g/mol. The first-order valence-electron chi connectivity index (χ1n) is 12.0. The smallest absolute Gasteiger partial charge is 0.410 e. The van der Waals surface area contributed by atoms with Gasteiger partial charge in [0, 0.05) is 13.1 Å². The number of fused-ring (bicyclic) bond motifs is 1. The third-order valence-electron chi connectivity index (χ3n) is 5.26. The van der Waals surface area contributed by atoms with E-state index in [1.807, 2.05) is 13.8 Å². The van der Waals surface area contributed by atoms with E-state index in [2.05, 4.69) is 13.8 Å². The minimum Gasteiger partial charge on any atom is -0.454 e. The van der Waals surface area contributed by atoms with Crippen molar-refractivity contribution in [3.8, 4) is 11.5 Å². The van der Waals surface area contributed by atoms with Gasteiger partial charge in [-0.2, -0.15) is 0 Å². The van der Waals surface area contributed by atoms with E-state index >= 15 is 0 Å². The zero-order chi connectivity index (χ0) is 23.9. The van der Waals surface area contributed by atoms with Crippen molar-refractivity contribution in [1.82, 2.24) is 4.90 Å². The Morgan fingerprint density at radius 2 is 1.56 bits per heavy atom. The molecule has 0 fully saturated rings. The molecule has 1 heterocycles. The zero-order valence-corrected chi connectivity index (χ0v) is 20.4. The van der Waals surface area contributed by atoms with Crippen LogP contribution in [0.3, 0.4) is 0 Å². The summed E-state index contributed by atoms with van der Waals surface area (Å²) in [6, 6.07) is 2.86. The summed E-state index contributed by atoms with van der Waals surface area (Å²) in [4.78, 5) is 25.6. The van der Waals surface area contributed by atoms with Gasteiger partial charge in [-0.25, -0.2) is 4.79 Å². The van der Waals surface area contributed by atoms with Crippen molar-refractivity contribution in [2.75, 3.05) is 19.9 Å². The summed E-state index contributed by atoms with van der Waals surface area (Å²) < 4.78 is 16.2. The lowest BCUT2D eigenvalue weighted by atomic mass is 10.1. The van der Waals surface area contributed by atoms with Crippen LogP contribution >= 0.6 is 0 Å². The lowest BCUT2D eigenvalue weighted by Crippen LogP contribution is -2.34. The largest absolute Gasteiger partial charge is 0.454 e. The Hall–Kier alpha value is -2.51. The molecule has 0 radical (unpaired) electrons. The maximum atomic E-state index is 12.8. The summed E-state index contributed by atoms with van der Waals surface area (Å²) >= 11 is 0. The van der Waals surface area contributed by atoms with Gasteiger partial charge in [-0.15, -0.1) is 0 Å². The Bertz CT molecular complexity index is 698. The van der Waals surface area contributed by atoms with Crippen LogP contribution in [0.2, 0.25) is 0 Å². The summed E-state index contributed by atoms with van der Waals surface area (Å²) in [7, 11) is 0. The molecule has 1 aromatic carbocycles. The van der Waals surface area contributed by atoms with Crippen molar-refractivity contribution in [1.29, 1.82) is 0 Å². The van der Waals surface area contributed by atoms with E-state index in [0.717, 1.165) is 51.4 Å². The molecule has 8 nitrogen and oxygen atoms in total. The third-order valence-corrected chi connectivity index (χ3v) is 5.26. The fourth-order valence-corrected chi connectivity index (χ4v) is 3.47. The molecule has 0 aromatic heterocycles. The number of nitrogens with zero attached hydrogens (tertiary/aromatic N) is 2. The SMILES string of the molecule is CC.CCCCCCN(CCCCCC)C(=O)OC(C)c1cc2c(cc1[N+](=O)[O-])OCO2. The highest BCUT2D eigenvalue weighted by molar-refractivity contribution is 5.68. The number of rotatable bonds is 13. The van der Waals surface area contributed by atoms with Crippen molar-refractivity contribution in [2.45, 2.75) is 92.1 Å². The predicted molar refractivity (Wildman–Crippen MR) is 125 cm³/mol. The number of nitro groups is 1. The van der Waals surface area contributed by atoms with E-state index in [0.29, 0.717) is 30.2 Å². The van der Waals surface area contributed by atoms with Crippen LogP contribution in [-0.4, -0.2) is 35.8 Å². The van der Waals surface area contributed by atoms with Gasteiger partial charge in [0.15, 0.2) is 11.5 Å². The van der Waals surface area contributed by atoms with Crippen LogP contribution in [0.5, 0.6) is 11.5 Å². The molecule has 0 N–H and O–H groups in total. The van der Waals surface area contributed by atoms with E-state index < -0.39 is 17.1 Å². The molecule has 0 spiro atoms. The Balaban J connectivity index is 0.00000249. The second kappa shape index (κ2) is 15.3. The number of hydrogen-bond donors (Lipinski definition) is 0. The summed E-state index contributed by atoms with van der Waals surface area (Å²) in [6.07, 6.45) is 7.32. The molecule has 0 aliphatic carbocycles. The lowest BCUT2D eigenvalue weighted by Gasteiger charge is -2.24. The molecule has 1 atom stereocenters. The van der Waals surface area contributed by atoms with Gasteiger partial charge in [0.25, 0.3) is 5.69 Å². The first-order valence-corrected chi connectivity index (χ1v) is 12.0. The first kappa shape index (κ1) is 27.5. The molecule has 1 unspecified atom stereocenters. The van der Waals surface area contributed by atoms with Crippen molar-refractivity contribution < 1.29 is 23.9 Å². The average molecular weight is 453 g/mol. The maximum absolute atomic E-state index is 12.8. The van der Waals surface area contributed by atoms with Gasteiger partial charge in [-0.1, -0.05) is 66.2 Å². The molecule has 1 aromatic rings. The molecule has 8 heteroatoms. The van der Waals surface area contributed by atoms with Gasteiger partial charge in [-0.05, 0) is 25.8 Å². The number of amides is 1. The Kier molecular flexibility index (Phi) is 13.2. The summed E-state index contributed by atoms with van der Waals surface area (Å²) in [5.41, 5.74) is 0.159. The Labute approximate surface area is 192 Å². The molecule has 0 bridgehead atoms. The van der Waals surface area contributed by atoms with Crippen molar-refractivity contribution in [3.63, 3.8) is 0 Å². The number of nitro benzene ring substituents is 1. The van der Waals surface area contributed by atoms with Crippen molar-refractivity contribution in [2.24, 2.45) is 0 Å². The van der Waals surface area contributed by atoms with Crippen LogP contribution in [-0.2, 0) is 4.74 Å². The fourth-order valence-electron chi connectivity index (χ4n) is 3.47. The van der Waals surface area contributed by atoms with Crippen molar-refractivity contribution in [3.05, 3.63) is 27.8 Å². The monoisotopic (exact) mass is 452 g/mol. The highest BCUT2D eigenvalue weighted by Gasteiger charge is 2.29. The van der Waals surface area contributed by atoms with E-state index in [-0.39, 0.29) is 12.5 Å². The van der Waals surface area contributed by atoms with E-state index in [1.54, 1.807) is 11.8 Å². The third kappa shape index (κ3) is 8.55. The van der Waals surface area contributed by atoms with Crippen LogP contribution in [0.4, 0.5) is 10.5 Å². The summed E-state index contributed by atoms with van der Waals surface area (Å²) in [6.45, 7) is 11.2. The van der Waals surface area contributed by atoms with E-state index in [9.17, 15) is 14.9 Å². The predicted octanol–water partition coefficient (Wildman–Crippen LogP) is 7.01. The van der Waals surface area contributed by atoms with Crippen molar-refractivity contribution >= 4 is 11.8 Å². The van der Waals surface area contributed by atoms with Gasteiger partial charge in [0.05, 0.1) is 16.6 Å². The minimum absolute atomic E-state index is 0.0212. The number of carbonyl (C=O) groups is 1. The van der Waals surface area contributed by atoms with Crippen LogP contribution in [0.15, 0.2) is 12.1 Å². The fraction of sp³-hybridized carbons (Fsp3) is 0.708. The lowest BCUT2D eigenvalue weighted by molar-refractivity contribution is -0.386. The molecule has 1 aliphatic rings. The van der Waals surface area contributed by atoms with Crippen LogP contribution in [0, 0.1) is 10.1 Å². The maximum Gasteiger partial charge on any atom is 0.410 e. The second-order valence-electron chi connectivity index (χ2n) is 7.66. The Morgan fingerprint density at radius 1 is 1.03 bits per heavy atom. The van der Waals surface area contributed by atoms with E-state index in [1.165, 1.54) is 12.1 Å². The highest BCUT2D eigenvalue weighted by Crippen LogP contribution is 2.41. The Morgan fingerprint density at radius 3 is 2.06 bits per heavy atom. The summed E-state index contributed by atoms with van der Waals surface area (Å²) in [5.74, 6) is 0.756. The standard InChI is InChI=1S/C22H34N2O6.C2H6/c1-4-6-8-10-12-23(13-11-9-7-5-2)22(25)30-17(3)18-14-20-21(29-16-28-20)15-19(18)24(26)27;1-2/h14-15,17H,4-13,16H2,1-3H3;1-2H3. The molecule has 0 saturated heterocycles. The molecule has 32 heavy (non-hydrogen) atoms. The van der Waals surface area contributed by atoms with Crippen LogP contribution < -0.4 is 9.47 Å². The van der Waals surface area contributed by atoms with Gasteiger partial charge in [0.2, 0.25) is 6.79 Å². The molecule has 1 amide bonds. The normalized spacial score (nSPS) is 12.5. The summed E-state index contributed by atoms with van der Waals surface area (Å²) in [5, 5.41) is 11.5. The van der Waals surface area contributed by atoms with Crippen LogP contribution in [0.1, 0.15) is 97.7 Å². The second-order valence-corrected chi connectivity index (χ2v) is 7.66. The molecule has 0 saturated carbocycles. The van der Waals surface area contributed by atoms with Gasteiger partial charge < -0.3 is 19.1 Å². The highest BCUT2D eigenvalue weighted by atomic mass is 16.7. The van der Waals surface area contributed by atoms with Gasteiger partial charge in [0.1, 0.15) is 6.10 Å². The number of benzene rings is 1. The molecule has 182 valence electrons. The average Bonchev–Trinajstić information content (AvgIpc) is 3.26. The number of unbranched alkanes of at least 4 members (excludes halogenated alkanes) is 6. The van der Waals surface area contributed by atoms with E-state index in [4.69, 9.17) is 14.2 Å². The van der Waals surface area contributed by atoms with Gasteiger partial charge >= 0.3 is 6.09 Å². The minimum atomic E-state index is -0.777. The van der Waals surface area contributed by atoms with Crippen LogP contribution in [0.25, 0.3) is 0 Å². The number of carbonyl (C=O) groups excluding carboxylic acids is 1. The number of ether oxygens (including phenoxy) is 3. The number of hydrogen-bond acceptors (Lipinski definition) is 6. The molecule has 2 rings (SSSR count). The quantitative estimate of drug-likeness (QED) is 0.182. The zero-order valence-electron chi connectivity index (χ0n) is 20.4. The first-order chi connectivity index (χ1) is 15.5. The van der Waals surface area contributed by atoms with Gasteiger partial charge in [-0.3, -0.25) is 10.1 Å². The molecular formula is C24H40N2O6.